The molecule has 2 aromatic rings. The van der Waals surface area contributed by atoms with E-state index >= 15 is 0 Å². The molecule has 0 unspecified atom stereocenters. The third-order valence-corrected chi connectivity index (χ3v) is 2.73. The quantitative estimate of drug-likeness (QED) is 0.769. The second-order valence-corrected chi connectivity index (χ2v) is 4.50. The average Bonchev–Trinajstić information content (AvgIpc) is 2.84. The highest BCUT2D eigenvalue weighted by molar-refractivity contribution is 5.75. The second kappa shape index (κ2) is 5.69. The molecule has 0 aliphatic heterocycles. The zero-order chi connectivity index (χ0) is 13.8. The van der Waals surface area contributed by atoms with Gasteiger partial charge in [0.25, 0.3) is 0 Å². The first-order chi connectivity index (χ1) is 9.15. The third kappa shape index (κ3) is 2.84. The molecule has 1 aromatic carbocycles. The van der Waals surface area contributed by atoms with Gasteiger partial charge in [0.1, 0.15) is 17.2 Å². The molecule has 1 heterocycles. The van der Waals surface area contributed by atoms with E-state index in [1.807, 2.05) is 45.0 Å². The zero-order valence-corrected chi connectivity index (χ0v) is 11.3. The largest absolute Gasteiger partial charge is 0.494 e. The number of nitrogens with zero attached hydrogens (tertiary/aromatic N) is 1. The fourth-order valence-electron chi connectivity index (χ4n) is 1.83. The fourth-order valence-corrected chi connectivity index (χ4v) is 1.83. The molecule has 4 nitrogen and oxygen atoms in total. The normalized spacial score (nSPS) is 10.7. The summed E-state index contributed by atoms with van der Waals surface area (Å²) in [6.07, 6.45) is 0.733. The summed E-state index contributed by atoms with van der Waals surface area (Å²) in [7, 11) is 0. The lowest BCUT2D eigenvalue weighted by Gasteiger charge is -2.02. The van der Waals surface area contributed by atoms with E-state index in [4.69, 9.17) is 9.15 Å². The molecule has 0 saturated carbocycles. The Bertz CT molecular complexity index is 555. The number of aromatic nitrogens is 1. The third-order valence-electron chi connectivity index (χ3n) is 2.73. The molecule has 19 heavy (non-hydrogen) atoms. The van der Waals surface area contributed by atoms with Gasteiger partial charge in [0.15, 0.2) is 6.29 Å². The molecular formula is C15H17NO3. The van der Waals surface area contributed by atoms with Crippen molar-refractivity contribution in [1.29, 1.82) is 0 Å². The van der Waals surface area contributed by atoms with Gasteiger partial charge in [0.2, 0.25) is 5.89 Å². The van der Waals surface area contributed by atoms with Gasteiger partial charge in [-0.2, -0.15) is 0 Å². The van der Waals surface area contributed by atoms with Crippen molar-refractivity contribution in [2.24, 2.45) is 0 Å². The molecule has 0 N–H and O–H groups in total. The van der Waals surface area contributed by atoms with Crippen molar-refractivity contribution in [3.8, 4) is 17.2 Å². The van der Waals surface area contributed by atoms with Gasteiger partial charge in [-0.3, -0.25) is 4.79 Å². The van der Waals surface area contributed by atoms with E-state index < -0.39 is 0 Å². The van der Waals surface area contributed by atoms with E-state index in [2.05, 4.69) is 4.98 Å². The van der Waals surface area contributed by atoms with E-state index in [1.165, 1.54) is 0 Å². The highest BCUT2D eigenvalue weighted by Gasteiger charge is 2.16. The molecule has 0 aliphatic carbocycles. The monoisotopic (exact) mass is 259 g/mol. The van der Waals surface area contributed by atoms with Gasteiger partial charge in [0.05, 0.1) is 6.61 Å². The van der Waals surface area contributed by atoms with Gasteiger partial charge in [0, 0.05) is 11.5 Å². The van der Waals surface area contributed by atoms with Gasteiger partial charge in [-0.25, -0.2) is 4.98 Å². The SMILES string of the molecule is CCOc1ccc(-c2nc(C=O)c(C(C)C)o2)cc1. The minimum Gasteiger partial charge on any atom is -0.494 e. The Hall–Kier alpha value is -2.10. The molecule has 0 amide bonds. The summed E-state index contributed by atoms with van der Waals surface area (Å²) in [5, 5.41) is 0. The summed E-state index contributed by atoms with van der Waals surface area (Å²) in [5.74, 6) is 2.02. The lowest BCUT2D eigenvalue weighted by Crippen LogP contribution is -1.91. The van der Waals surface area contributed by atoms with Gasteiger partial charge < -0.3 is 9.15 Å². The van der Waals surface area contributed by atoms with Gasteiger partial charge in [-0.05, 0) is 31.2 Å². The predicted octanol–water partition coefficient (Wildman–Crippen LogP) is 3.68. The molecule has 0 spiro atoms. The summed E-state index contributed by atoms with van der Waals surface area (Å²) >= 11 is 0. The lowest BCUT2D eigenvalue weighted by molar-refractivity contribution is 0.111. The average molecular weight is 259 g/mol. The molecule has 2 rings (SSSR count). The molecule has 0 fully saturated rings. The summed E-state index contributed by atoms with van der Waals surface area (Å²) in [6, 6.07) is 7.46. The van der Waals surface area contributed by atoms with Crippen LogP contribution in [0.5, 0.6) is 5.75 Å². The van der Waals surface area contributed by atoms with Gasteiger partial charge >= 0.3 is 0 Å². The minimum atomic E-state index is 0.129. The van der Waals surface area contributed by atoms with Crippen molar-refractivity contribution in [2.45, 2.75) is 26.7 Å². The fraction of sp³-hybridized carbons (Fsp3) is 0.333. The van der Waals surface area contributed by atoms with Crippen molar-refractivity contribution >= 4 is 6.29 Å². The number of oxazole rings is 1. The van der Waals surface area contributed by atoms with Crippen LogP contribution in [0.15, 0.2) is 28.7 Å². The predicted molar refractivity (Wildman–Crippen MR) is 72.6 cm³/mol. The number of carbonyl (C=O) groups excluding carboxylic acids is 1. The summed E-state index contributed by atoms with van der Waals surface area (Å²) in [6.45, 7) is 6.50. The Morgan fingerprint density at radius 2 is 2.00 bits per heavy atom. The summed E-state index contributed by atoms with van der Waals surface area (Å²) in [4.78, 5) is 15.2. The van der Waals surface area contributed by atoms with Crippen LogP contribution in [0.1, 0.15) is 42.9 Å². The highest BCUT2D eigenvalue weighted by atomic mass is 16.5. The standard InChI is InChI=1S/C15H17NO3/c1-4-18-12-7-5-11(6-8-12)15-16-13(9-17)14(19-15)10(2)3/h5-10H,4H2,1-3H3. The smallest absolute Gasteiger partial charge is 0.226 e. The molecule has 1 aromatic heterocycles. The van der Waals surface area contributed by atoms with E-state index in [-0.39, 0.29) is 5.92 Å². The maximum Gasteiger partial charge on any atom is 0.226 e. The van der Waals surface area contributed by atoms with Gasteiger partial charge in [-0.15, -0.1) is 0 Å². The first-order valence-corrected chi connectivity index (χ1v) is 6.34. The van der Waals surface area contributed by atoms with E-state index in [0.29, 0.717) is 24.0 Å². The van der Waals surface area contributed by atoms with Crippen molar-refractivity contribution in [2.75, 3.05) is 6.61 Å². The number of hydrogen-bond acceptors (Lipinski definition) is 4. The van der Waals surface area contributed by atoms with Crippen LogP contribution in [0.4, 0.5) is 0 Å². The van der Waals surface area contributed by atoms with Crippen molar-refractivity contribution in [3.63, 3.8) is 0 Å². The second-order valence-electron chi connectivity index (χ2n) is 4.50. The number of hydrogen-bond donors (Lipinski definition) is 0. The molecule has 4 heteroatoms. The highest BCUT2D eigenvalue weighted by Crippen LogP contribution is 2.27. The Morgan fingerprint density at radius 1 is 1.32 bits per heavy atom. The van der Waals surface area contributed by atoms with Crippen molar-refractivity contribution < 1.29 is 13.9 Å². The Balaban J connectivity index is 2.33. The molecular weight excluding hydrogens is 242 g/mol. The molecule has 0 saturated heterocycles. The Labute approximate surface area is 112 Å². The van der Waals surface area contributed by atoms with Crippen LogP contribution < -0.4 is 4.74 Å². The van der Waals surface area contributed by atoms with E-state index in [1.54, 1.807) is 0 Å². The lowest BCUT2D eigenvalue weighted by atomic mass is 10.1. The van der Waals surface area contributed by atoms with Crippen LogP contribution in [0, 0.1) is 0 Å². The van der Waals surface area contributed by atoms with Crippen molar-refractivity contribution in [3.05, 3.63) is 35.7 Å². The van der Waals surface area contributed by atoms with Crippen LogP contribution in [0.3, 0.4) is 0 Å². The van der Waals surface area contributed by atoms with Crippen LogP contribution in [0.2, 0.25) is 0 Å². The Morgan fingerprint density at radius 3 is 2.47 bits per heavy atom. The molecule has 100 valence electrons. The minimum absolute atomic E-state index is 0.129. The molecule has 0 bridgehead atoms. The first-order valence-electron chi connectivity index (χ1n) is 6.34. The number of aldehydes is 1. The van der Waals surface area contributed by atoms with Crippen LogP contribution >= 0.6 is 0 Å². The number of carbonyl (C=O) groups is 1. The van der Waals surface area contributed by atoms with Crippen LogP contribution in [0.25, 0.3) is 11.5 Å². The van der Waals surface area contributed by atoms with Gasteiger partial charge in [-0.1, -0.05) is 13.8 Å². The van der Waals surface area contributed by atoms with Crippen LogP contribution in [-0.4, -0.2) is 17.9 Å². The van der Waals surface area contributed by atoms with Crippen LogP contribution in [-0.2, 0) is 0 Å². The van der Waals surface area contributed by atoms with E-state index in [0.717, 1.165) is 17.6 Å². The first kappa shape index (κ1) is 13.3. The number of benzene rings is 1. The maximum absolute atomic E-state index is 11.0. The molecule has 0 atom stereocenters. The maximum atomic E-state index is 11.0. The summed E-state index contributed by atoms with van der Waals surface area (Å²) < 4.78 is 11.0. The molecule has 0 aliphatic rings. The number of rotatable bonds is 5. The molecule has 0 radical (unpaired) electrons. The van der Waals surface area contributed by atoms with Crippen molar-refractivity contribution in [1.82, 2.24) is 4.98 Å². The zero-order valence-electron chi connectivity index (χ0n) is 11.3. The Kier molecular flexibility index (Phi) is 4.00. The topological polar surface area (TPSA) is 52.3 Å². The number of ether oxygens (including phenoxy) is 1. The van der Waals surface area contributed by atoms with E-state index in [9.17, 15) is 4.79 Å². The summed E-state index contributed by atoms with van der Waals surface area (Å²) in [5.41, 5.74) is 1.21.